The minimum Gasteiger partial charge on any atom is -0.366 e. The normalized spacial score (nSPS) is 22.9. The number of piperidine rings is 1. The zero-order valence-corrected chi connectivity index (χ0v) is 16.6. The Hall–Kier alpha value is -3.19. The summed E-state index contributed by atoms with van der Waals surface area (Å²) in [5, 5.41) is 2.34. The maximum Gasteiger partial charge on any atom is 0.255 e. The van der Waals surface area contributed by atoms with Crippen LogP contribution in [-0.4, -0.2) is 41.8 Å². The third kappa shape index (κ3) is 3.06. The van der Waals surface area contributed by atoms with Gasteiger partial charge in [-0.1, -0.05) is 30.3 Å². The van der Waals surface area contributed by atoms with Crippen LogP contribution in [0.2, 0.25) is 0 Å². The minimum atomic E-state index is -0.582. The Morgan fingerprint density at radius 1 is 1.10 bits per heavy atom. The molecule has 1 fully saturated rings. The van der Waals surface area contributed by atoms with Crippen LogP contribution in [0.1, 0.15) is 45.8 Å². The second-order valence-electron chi connectivity index (χ2n) is 8.26. The second-order valence-corrected chi connectivity index (χ2v) is 8.26. The fraction of sp³-hybridized carbons (Fsp3) is 0.348. The van der Waals surface area contributed by atoms with Crippen molar-refractivity contribution in [3.8, 4) is 0 Å². The number of nitrogens with one attached hydrogen (secondary N) is 1. The van der Waals surface area contributed by atoms with Crippen LogP contribution in [-0.2, 0) is 22.7 Å². The van der Waals surface area contributed by atoms with Gasteiger partial charge in [-0.15, -0.1) is 0 Å². The summed E-state index contributed by atoms with van der Waals surface area (Å²) in [5.74, 6) is -0.459. The highest BCUT2D eigenvalue weighted by molar-refractivity contribution is 6.05. The van der Waals surface area contributed by atoms with Gasteiger partial charge in [-0.2, -0.15) is 0 Å². The first-order valence-corrected chi connectivity index (χ1v) is 10.4. The first-order valence-electron chi connectivity index (χ1n) is 10.4. The molecule has 2 aromatic rings. The van der Waals surface area contributed by atoms with Gasteiger partial charge in [-0.3, -0.25) is 19.7 Å². The zero-order valence-electron chi connectivity index (χ0n) is 16.6. The number of hydrogen-bond acceptors (Lipinski definition) is 5. The number of nitrogens with two attached hydrogens (primary N) is 1. The molecule has 0 spiro atoms. The number of benzene rings is 2. The number of anilines is 1. The van der Waals surface area contributed by atoms with Gasteiger partial charge in [0.15, 0.2) is 0 Å². The molecule has 0 bridgehead atoms. The Morgan fingerprint density at radius 3 is 2.73 bits per heavy atom. The predicted octanol–water partition coefficient (Wildman–Crippen LogP) is 1.51. The number of carbonyl (C=O) groups excluding carboxylic acids is 3. The summed E-state index contributed by atoms with van der Waals surface area (Å²) < 4.78 is 0. The topological polar surface area (TPSA) is 95.7 Å². The molecule has 0 saturated carbocycles. The van der Waals surface area contributed by atoms with E-state index < -0.39 is 6.04 Å². The zero-order chi connectivity index (χ0) is 20.8. The average Bonchev–Trinajstić information content (AvgIpc) is 3.26. The lowest BCUT2D eigenvalue weighted by Gasteiger charge is -2.29. The SMILES string of the molecule is NCC1CN(Cc2ccc3c(c2)CN(C2CCC(=O)NC2=O)C3=O)c2ccccc21. The van der Waals surface area contributed by atoms with E-state index in [4.69, 9.17) is 5.73 Å². The Balaban J connectivity index is 1.35. The number of imide groups is 1. The van der Waals surface area contributed by atoms with Crippen molar-refractivity contribution in [2.45, 2.75) is 37.9 Å². The molecule has 3 heterocycles. The molecule has 2 aromatic carbocycles. The fourth-order valence-electron chi connectivity index (χ4n) is 4.88. The van der Waals surface area contributed by atoms with Crippen molar-refractivity contribution in [2.75, 3.05) is 18.0 Å². The van der Waals surface area contributed by atoms with Crippen LogP contribution in [0.3, 0.4) is 0 Å². The molecule has 0 radical (unpaired) electrons. The van der Waals surface area contributed by atoms with Crippen LogP contribution in [0, 0.1) is 0 Å². The van der Waals surface area contributed by atoms with Gasteiger partial charge >= 0.3 is 0 Å². The summed E-state index contributed by atoms with van der Waals surface area (Å²) >= 11 is 0. The third-order valence-electron chi connectivity index (χ3n) is 6.40. The van der Waals surface area contributed by atoms with E-state index in [1.807, 2.05) is 18.2 Å². The molecule has 2 unspecified atom stereocenters. The van der Waals surface area contributed by atoms with Gasteiger partial charge in [0.05, 0.1) is 0 Å². The third-order valence-corrected chi connectivity index (χ3v) is 6.40. The van der Waals surface area contributed by atoms with E-state index in [1.165, 1.54) is 11.3 Å². The monoisotopic (exact) mass is 404 g/mol. The van der Waals surface area contributed by atoms with Crippen LogP contribution < -0.4 is 16.0 Å². The highest BCUT2D eigenvalue weighted by Gasteiger charge is 2.39. The number of rotatable bonds is 4. The summed E-state index contributed by atoms with van der Waals surface area (Å²) in [6.07, 6.45) is 0.640. The van der Waals surface area contributed by atoms with Crippen LogP contribution >= 0.6 is 0 Å². The molecular weight excluding hydrogens is 380 g/mol. The fourth-order valence-corrected chi connectivity index (χ4v) is 4.88. The van der Waals surface area contributed by atoms with Crippen molar-refractivity contribution < 1.29 is 14.4 Å². The van der Waals surface area contributed by atoms with Gasteiger partial charge in [0.2, 0.25) is 11.8 Å². The van der Waals surface area contributed by atoms with Crippen molar-refractivity contribution in [3.63, 3.8) is 0 Å². The quantitative estimate of drug-likeness (QED) is 0.753. The highest BCUT2D eigenvalue weighted by atomic mass is 16.2. The molecule has 2 atom stereocenters. The van der Waals surface area contributed by atoms with Gasteiger partial charge in [-0.25, -0.2) is 0 Å². The Bertz CT molecular complexity index is 1050. The summed E-state index contributed by atoms with van der Waals surface area (Å²) in [4.78, 5) is 40.4. The first-order chi connectivity index (χ1) is 14.5. The minimum absolute atomic E-state index is 0.138. The summed E-state index contributed by atoms with van der Waals surface area (Å²) in [6, 6.07) is 13.7. The number of fused-ring (bicyclic) bond motifs is 2. The number of amides is 3. The van der Waals surface area contributed by atoms with Gasteiger partial charge in [0, 0.05) is 49.8 Å². The lowest BCUT2D eigenvalue weighted by molar-refractivity contribution is -0.136. The van der Waals surface area contributed by atoms with Gasteiger partial charge in [-0.05, 0) is 35.2 Å². The van der Waals surface area contributed by atoms with Gasteiger partial charge in [0.25, 0.3) is 5.91 Å². The molecule has 7 nitrogen and oxygen atoms in total. The molecule has 0 aliphatic carbocycles. The van der Waals surface area contributed by atoms with Crippen molar-refractivity contribution in [3.05, 3.63) is 64.7 Å². The van der Waals surface area contributed by atoms with Crippen molar-refractivity contribution in [1.82, 2.24) is 10.2 Å². The van der Waals surface area contributed by atoms with Crippen molar-refractivity contribution >= 4 is 23.4 Å². The van der Waals surface area contributed by atoms with Crippen LogP contribution in [0.4, 0.5) is 5.69 Å². The molecule has 3 aliphatic heterocycles. The predicted molar refractivity (Wildman–Crippen MR) is 112 cm³/mol. The molecule has 7 heteroatoms. The first kappa shape index (κ1) is 18.8. The maximum absolute atomic E-state index is 12.9. The highest BCUT2D eigenvalue weighted by Crippen LogP contribution is 2.37. The number of carbonyl (C=O) groups is 3. The standard InChI is InChI=1S/C23H24N4O3/c24-10-16-12-26(19-4-2-1-3-17(16)19)11-14-5-6-18-15(9-14)13-27(23(18)30)20-7-8-21(28)25-22(20)29/h1-6,9,16,20H,7-8,10-13,24H2,(H,25,28,29). The Morgan fingerprint density at radius 2 is 1.93 bits per heavy atom. The van der Waals surface area contributed by atoms with E-state index in [0.29, 0.717) is 31.0 Å². The molecular formula is C23H24N4O3. The van der Waals surface area contributed by atoms with Crippen molar-refractivity contribution in [2.24, 2.45) is 5.73 Å². The summed E-state index contributed by atoms with van der Waals surface area (Å²) in [7, 11) is 0. The number of hydrogen-bond donors (Lipinski definition) is 2. The largest absolute Gasteiger partial charge is 0.366 e. The van der Waals surface area contributed by atoms with Crippen LogP contribution in [0.5, 0.6) is 0 Å². The van der Waals surface area contributed by atoms with E-state index in [1.54, 1.807) is 4.90 Å². The number of nitrogens with zero attached hydrogens (tertiary/aromatic N) is 2. The molecule has 0 aromatic heterocycles. The Kier molecular flexibility index (Phi) is 4.55. The van der Waals surface area contributed by atoms with Crippen molar-refractivity contribution in [1.29, 1.82) is 0 Å². The van der Waals surface area contributed by atoms with Crippen LogP contribution in [0.25, 0.3) is 0 Å². The number of para-hydroxylation sites is 1. The maximum atomic E-state index is 12.9. The molecule has 3 amide bonds. The van der Waals surface area contributed by atoms with E-state index >= 15 is 0 Å². The van der Waals surface area contributed by atoms with E-state index in [9.17, 15) is 14.4 Å². The Labute approximate surface area is 174 Å². The molecule has 154 valence electrons. The van der Waals surface area contributed by atoms with E-state index in [2.05, 4.69) is 34.5 Å². The lowest BCUT2D eigenvalue weighted by Crippen LogP contribution is -2.52. The lowest BCUT2D eigenvalue weighted by atomic mass is 10.0. The van der Waals surface area contributed by atoms with Crippen LogP contribution in [0.15, 0.2) is 42.5 Å². The smallest absolute Gasteiger partial charge is 0.255 e. The van der Waals surface area contributed by atoms with E-state index in [-0.39, 0.29) is 24.1 Å². The van der Waals surface area contributed by atoms with E-state index in [0.717, 1.165) is 24.2 Å². The molecule has 5 rings (SSSR count). The summed E-state index contributed by atoms with van der Waals surface area (Å²) in [5.41, 5.74) is 11.2. The molecule has 1 saturated heterocycles. The van der Waals surface area contributed by atoms with Gasteiger partial charge < -0.3 is 15.5 Å². The molecule has 3 aliphatic rings. The van der Waals surface area contributed by atoms with Gasteiger partial charge in [0.1, 0.15) is 6.04 Å². The second kappa shape index (κ2) is 7.25. The molecule has 3 N–H and O–H groups in total. The summed E-state index contributed by atoms with van der Waals surface area (Å²) in [6.45, 7) is 2.64. The average molecular weight is 404 g/mol. The molecule has 30 heavy (non-hydrogen) atoms.